The van der Waals surface area contributed by atoms with Gasteiger partial charge in [0.05, 0.1) is 21.2 Å². The van der Waals surface area contributed by atoms with Gasteiger partial charge in [0.25, 0.3) is 5.91 Å². The molecule has 1 aromatic heterocycles. The molecule has 6 nitrogen and oxygen atoms in total. The van der Waals surface area contributed by atoms with Crippen molar-refractivity contribution in [1.82, 2.24) is 9.21 Å². The first-order chi connectivity index (χ1) is 11.9. The van der Waals surface area contributed by atoms with Crippen LogP contribution >= 0.6 is 22.9 Å². The molecule has 2 aromatic rings. The second-order valence-electron chi connectivity index (χ2n) is 5.48. The molecule has 0 aliphatic carbocycles. The Balaban J connectivity index is 1.67. The number of nitrogens with zero attached hydrogens (tertiary/aromatic N) is 2. The third-order valence-corrected chi connectivity index (χ3v) is 7.14. The molecule has 1 aromatic carbocycles. The van der Waals surface area contributed by atoms with Crippen LogP contribution in [-0.2, 0) is 10.0 Å². The van der Waals surface area contributed by atoms with E-state index in [1.54, 1.807) is 29.2 Å². The van der Waals surface area contributed by atoms with E-state index in [9.17, 15) is 13.2 Å². The monoisotopic (exact) mass is 400 g/mol. The predicted molar refractivity (Wildman–Crippen MR) is 97.0 cm³/mol. The maximum Gasteiger partial charge on any atom is 0.264 e. The number of amides is 1. The third-order valence-electron chi connectivity index (χ3n) is 4.01. The minimum absolute atomic E-state index is 0.113. The Labute approximate surface area is 155 Å². The average Bonchev–Trinajstić information content (AvgIpc) is 3.07. The molecule has 25 heavy (non-hydrogen) atoms. The molecule has 1 aliphatic rings. The number of sulfonamides is 1. The van der Waals surface area contributed by atoms with Gasteiger partial charge in [0.15, 0.2) is 0 Å². The number of carbonyl (C=O) groups excluding carboxylic acids is 1. The normalized spacial score (nSPS) is 16.0. The van der Waals surface area contributed by atoms with Crippen LogP contribution in [0.5, 0.6) is 5.75 Å². The van der Waals surface area contributed by atoms with Crippen LogP contribution in [0.2, 0.25) is 4.34 Å². The first-order valence-electron chi connectivity index (χ1n) is 7.60. The summed E-state index contributed by atoms with van der Waals surface area (Å²) >= 11 is 7.09. The number of hydrogen-bond donors (Lipinski definition) is 0. The van der Waals surface area contributed by atoms with Gasteiger partial charge in [-0.3, -0.25) is 4.79 Å². The lowest BCUT2D eigenvalue weighted by Gasteiger charge is -2.33. The Kier molecular flexibility index (Phi) is 5.33. The average molecular weight is 401 g/mol. The molecule has 0 bridgehead atoms. The molecule has 2 heterocycles. The molecule has 1 amide bonds. The molecule has 0 N–H and O–H groups in total. The molecule has 1 aliphatic heterocycles. The van der Waals surface area contributed by atoms with E-state index >= 15 is 0 Å². The summed E-state index contributed by atoms with van der Waals surface area (Å²) in [6, 6.07) is 9.67. The molecule has 134 valence electrons. The minimum Gasteiger partial charge on any atom is -0.497 e. The number of piperazine rings is 1. The number of ether oxygens (including phenoxy) is 1. The van der Waals surface area contributed by atoms with E-state index in [0.29, 0.717) is 28.1 Å². The van der Waals surface area contributed by atoms with Crippen molar-refractivity contribution in [2.24, 2.45) is 0 Å². The summed E-state index contributed by atoms with van der Waals surface area (Å²) in [5, 5.41) is 0. The van der Waals surface area contributed by atoms with Crippen molar-refractivity contribution < 1.29 is 17.9 Å². The van der Waals surface area contributed by atoms with Crippen LogP contribution in [0, 0.1) is 0 Å². The highest BCUT2D eigenvalue weighted by molar-refractivity contribution is 7.89. The highest BCUT2D eigenvalue weighted by Gasteiger charge is 2.30. The summed E-state index contributed by atoms with van der Waals surface area (Å²) in [5.41, 5.74) is 0. The zero-order chi connectivity index (χ0) is 18.0. The van der Waals surface area contributed by atoms with Gasteiger partial charge in [0, 0.05) is 26.2 Å². The Bertz CT molecular complexity index is 857. The van der Waals surface area contributed by atoms with Crippen LogP contribution < -0.4 is 4.74 Å². The molecular formula is C16H17ClN2O4S2. The zero-order valence-corrected chi connectivity index (χ0v) is 15.9. The highest BCUT2D eigenvalue weighted by atomic mass is 35.5. The Morgan fingerprint density at radius 2 is 1.72 bits per heavy atom. The minimum atomic E-state index is -3.58. The molecule has 9 heteroatoms. The van der Waals surface area contributed by atoms with Crippen molar-refractivity contribution in [2.45, 2.75) is 4.90 Å². The Hall–Kier alpha value is -1.61. The predicted octanol–water partition coefficient (Wildman–Crippen LogP) is 2.56. The van der Waals surface area contributed by atoms with Gasteiger partial charge in [-0.15, -0.1) is 11.3 Å². The van der Waals surface area contributed by atoms with E-state index in [1.807, 2.05) is 0 Å². The zero-order valence-electron chi connectivity index (χ0n) is 13.5. The number of carbonyl (C=O) groups is 1. The number of hydrogen-bond acceptors (Lipinski definition) is 5. The Morgan fingerprint density at radius 3 is 2.24 bits per heavy atom. The van der Waals surface area contributed by atoms with E-state index in [1.165, 1.54) is 34.9 Å². The van der Waals surface area contributed by atoms with Crippen LogP contribution in [0.25, 0.3) is 0 Å². The van der Waals surface area contributed by atoms with E-state index in [2.05, 4.69) is 0 Å². The van der Waals surface area contributed by atoms with E-state index in [4.69, 9.17) is 16.3 Å². The number of thiophene rings is 1. The summed E-state index contributed by atoms with van der Waals surface area (Å²) in [6.07, 6.45) is 0. The molecule has 1 fully saturated rings. The molecule has 1 saturated heterocycles. The van der Waals surface area contributed by atoms with E-state index < -0.39 is 10.0 Å². The summed E-state index contributed by atoms with van der Waals surface area (Å²) in [5.74, 6) is 0.488. The van der Waals surface area contributed by atoms with Gasteiger partial charge in [-0.1, -0.05) is 11.6 Å². The molecule has 0 spiro atoms. The summed E-state index contributed by atoms with van der Waals surface area (Å²) in [7, 11) is -2.05. The topological polar surface area (TPSA) is 66.9 Å². The highest BCUT2D eigenvalue weighted by Crippen LogP contribution is 2.24. The first-order valence-corrected chi connectivity index (χ1v) is 10.2. The van der Waals surface area contributed by atoms with Gasteiger partial charge in [-0.2, -0.15) is 4.31 Å². The SMILES string of the molecule is COc1ccc(S(=O)(=O)N2CCN(C(=O)c3ccc(Cl)s3)CC2)cc1. The van der Waals surface area contributed by atoms with Gasteiger partial charge in [0.1, 0.15) is 5.75 Å². The van der Waals surface area contributed by atoms with Crippen molar-refractivity contribution >= 4 is 38.9 Å². The molecule has 3 rings (SSSR count). The maximum absolute atomic E-state index is 12.7. The molecule has 0 unspecified atom stereocenters. The van der Waals surface area contributed by atoms with Crippen molar-refractivity contribution in [3.8, 4) is 5.75 Å². The molecular weight excluding hydrogens is 384 g/mol. The number of methoxy groups -OCH3 is 1. The Morgan fingerprint density at radius 1 is 1.08 bits per heavy atom. The second kappa shape index (κ2) is 7.33. The van der Waals surface area contributed by atoms with Gasteiger partial charge in [-0.05, 0) is 36.4 Å². The standard InChI is InChI=1S/C16H17ClN2O4S2/c1-23-12-2-4-13(5-3-12)25(21,22)19-10-8-18(9-11-19)16(20)14-6-7-15(17)24-14/h2-7H,8-11H2,1H3. The number of rotatable bonds is 4. The van der Waals surface area contributed by atoms with Crippen LogP contribution in [0.15, 0.2) is 41.3 Å². The van der Waals surface area contributed by atoms with Crippen LogP contribution in [-0.4, -0.2) is 56.8 Å². The molecule has 0 atom stereocenters. The fourth-order valence-corrected chi connectivity index (χ4v) is 5.05. The molecule has 0 saturated carbocycles. The first kappa shape index (κ1) is 18.2. The van der Waals surface area contributed by atoms with E-state index in [0.717, 1.165) is 0 Å². The van der Waals surface area contributed by atoms with Crippen molar-refractivity contribution in [2.75, 3.05) is 33.3 Å². The largest absolute Gasteiger partial charge is 0.497 e. The summed E-state index contributed by atoms with van der Waals surface area (Å²) in [6.45, 7) is 1.23. The van der Waals surface area contributed by atoms with Gasteiger partial charge >= 0.3 is 0 Å². The molecule has 0 radical (unpaired) electrons. The van der Waals surface area contributed by atoms with Crippen LogP contribution in [0.4, 0.5) is 0 Å². The van der Waals surface area contributed by atoms with Gasteiger partial charge < -0.3 is 9.64 Å². The second-order valence-corrected chi connectivity index (χ2v) is 9.13. The summed E-state index contributed by atoms with van der Waals surface area (Å²) < 4.78 is 32.4. The fourth-order valence-electron chi connectivity index (χ4n) is 2.61. The third kappa shape index (κ3) is 3.82. The lowest BCUT2D eigenvalue weighted by Crippen LogP contribution is -2.50. The van der Waals surface area contributed by atoms with Gasteiger partial charge in [-0.25, -0.2) is 8.42 Å². The fraction of sp³-hybridized carbons (Fsp3) is 0.312. The van der Waals surface area contributed by atoms with Crippen molar-refractivity contribution in [1.29, 1.82) is 0 Å². The van der Waals surface area contributed by atoms with Crippen LogP contribution in [0.1, 0.15) is 9.67 Å². The van der Waals surface area contributed by atoms with Crippen molar-refractivity contribution in [3.63, 3.8) is 0 Å². The smallest absolute Gasteiger partial charge is 0.264 e. The number of benzene rings is 1. The van der Waals surface area contributed by atoms with Gasteiger partial charge in [0.2, 0.25) is 10.0 Å². The lowest BCUT2D eigenvalue weighted by atomic mass is 10.3. The lowest BCUT2D eigenvalue weighted by molar-refractivity contribution is 0.0703. The van der Waals surface area contributed by atoms with Crippen molar-refractivity contribution in [3.05, 3.63) is 45.6 Å². The number of halogens is 1. The quantitative estimate of drug-likeness (QED) is 0.791. The van der Waals surface area contributed by atoms with E-state index in [-0.39, 0.29) is 23.9 Å². The maximum atomic E-state index is 12.7. The summed E-state index contributed by atoms with van der Waals surface area (Å²) in [4.78, 5) is 14.8. The van der Waals surface area contributed by atoms with Crippen LogP contribution in [0.3, 0.4) is 0 Å².